The fraction of sp³-hybridized carbons (Fsp3) is 0.357. The van der Waals surface area contributed by atoms with Crippen molar-refractivity contribution in [2.75, 3.05) is 11.1 Å². The minimum Gasteiger partial charge on any atom is -0.305 e. The molecule has 0 atom stereocenters. The second kappa shape index (κ2) is 6.27. The van der Waals surface area contributed by atoms with Gasteiger partial charge in [0.1, 0.15) is 0 Å². The van der Waals surface area contributed by atoms with Crippen molar-refractivity contribution in [2.24, 2.45) is 5.92 Å². The lowest BCUT2D eigenvalue weighted by Gasteiger charge is -2.15. The molecule has 2 rings (SSSR count). The molecule has 8 nitrogen and oxygen atoms in total. The molecular weight excluding hydrogens is 379 g/mol. The first kappa shape index (κ1) is 19.7. The fourth-order valence-corrected chi connectivity index (χ4v) is 2.76. The van der Waals surface area contributed by atoms with E-state index < -0.39 is 61.2 Å². The van der Waals surface area contributed by atoms with E-state index in [1.165, 1.54) is 13.8 Å². The van der Waals surface area contributed by atoms with Crippen molar-refractivity contribution in [3.05, 3.63) is 44.1 Å². The van der Waals surface area contributed by atoms with E-state index in [9.17, 15) is 36.0 Å². The Kier molecular flexibility index (Phi) is 4.75. The second-order valence-electron chi connectivity index (χ2n) is 5.89. The van der Waals surface area contributed by atoms with E-state index >= 15 is 0 Å². The molecule has 0 saturated heterocycles. The summed E-state index contributed by atoms with van der Waals surface area (Å²) in [5, 5.41) is -0.447. The summed E-state index contributed by atoms with van der Waals surface area (Å²) in [5.74, 6) is -1.64. The molecule has 1 heterocycles. The Hall–Kier alpha value is -2.63. The van der Waals surface area contributed by atoms with E-state index in [1.54, 1.807) is 4.83 Å². The summed E-state index contributed by atoms with van der Waals surface area (Å²) in [6.07, 6.45) is -4.21. The zero-order valence-corrected chi connectivity index (χ0v) is 14.6. The Balaban J connectivity index is 2.93. The number of carbonyl (C=O) groups is 1. The molecule has 2 aromatic rings. The van der Waals surface area contributed by atoms with Crippen molar-refractivity contribution >= 4 is 26.7 Å². The van der Waals surface area contributed by atoms with E-state index in [2.05, 4.69) is 0 Å². The Labute approximate surface area is 144 Å². The number of fused-ring (bicyclic) bond motifs is 1. The number of hydrogen-bond acceptors (Lipinski definition) is 5. The summed E-state index contributed by atoms with van der Waals surface area (Å²) in [6, 6.07) is 1.19. The van der Waals surface area contributed by atoms with Crippen LogP contribution in [-0.4, -0.2) is 30.1 Å². The van der Waals surface area contributed by atoms with Gasteiger partial charge in [0.25, 0.3) is 5.56 Å². The molecule has 12 heteroatoms. The van der Waals surface area contributed by atoms with Gasteiger partial charge < -0.3 is 4.98 Å². The van der Waals surface area contributed by atoms with E-state index in [4.69, 9.17) is 0 Å². The first-order valence-electron chi connectivity index (χ1n) is 7.14. The van der Waals surface area contributed by atoms with Crippen molar-refractivity contribution in [2.45, 2.75) is 20.0 Å². The number of aromatic nitrogens is 2. The maximum atomic E-state index is 13.3. The molecular formula is C14H14F3N3O5S. The number of hydrogen-bond donors (Lipinski definition) is 2. The third kappa shape index (κ3) is 3.79. The molecule has 0 spiro atoms. The van der Waals surface area contributed by atoms with Gasteiger partial charge in [0.15, 0.2) is 5.78 Å². The summed E-state index contributed by atoms with van der Waals surface area (Å²) in [5.41, 5.74) is -4.99. The van der Waals surface area contributed by atoms with Crippen LogP contribution in [0.1, 0.15) is 29.8 Å². The Morgan fingerprint density at radius 1 is 1.23 bits per heavy atom. The normalized spacial score (nSPS) is 12.6. The highest BCUT2D eigenvalue weighted by molar-refractivity contribution is 7.91. The van der Waals surface area contributed by atoms with Crippen molar-refractivity contribution in [1.82, 2.24) is 9.66 Å². The van der Waals surface area contributed by atoms with Crippen molar-refractivity contribution < 1.29 is 26.4 Å². The number of rotatable bonds is 4. The van der Waals surface area contributed by atoms with Crippen LogP contribution >= 0.6 is 0 Å². The Morgan fingerprint density at radius 2 is 1.81 bits per heavy atom. The monoisotopic (exact) mass is 393 g/mol. The number of H-pyrrole nitrogens is 1. The van der Waals surface area contributed by atoms with Gasteiger partial charge >= 0.3 is 11.9 Å². The van der Waals surface area contributed by atoms with Gasteiger partial charge in [-0.25, -0.2) is 18.0 Å². The highest BCUT2D eigenvalue weighted by atomic mass is 32.2. The quantitative estimate of drug-likeness (QED) is 0.753. The number of benzene rings is 1. The molecule has 0 amide bonds. The van der Waals surface area contributed by atoms with Gasteiger partial charge in [-0.2, -0.15) is 17.8 Å². The number of aromatic amines is 1. The predicted molar refractivity (Wildman–Crippen MR) is 87.2 cm³/mol. The van der Waals surface area contributed by atoms with Crippen molar-refractivity contribution in [3.8, 4) is 0 Å². The highest BCUT2D eigenvalue weighted by Crippen LogP contribution is 2.34. The highest BCUT2D eigenvalue weighted by Gasteiger charge is 2.36. The van der Waals surface area contributed by atoms with E-state index in [0.717, 1.165) is 0 Å². The molecule has 0 aliphatic rings. The summed E-state index contributed by atoms with van der Waals surface area (Å²) in [7, 11) is -4.02. The largest absolute Gasteiger partial charge is 0.417 e. The van der Waals surface area contributed by atoms with Crippen molar-refractivity contribution in [1.29, 1.82) is 0 Å². The van der Waals surface area contributed by atoms with Crippen LogP contribution < -0.4 is 16.1 Å². The van der Waals surface area contributed by atoms with Gasteiger partial charge in [-0.3, -0.25) is 9.59 Å². The van der Waals surface area contributed by atoms with E-state index in [0.29, 0.717) is 18.4 Å². The number of nitrogens with one attached hydrogen (secondary N) is 2. The van der Waals surface area contributed by atoms with Gasteiger partial charge in [0.2, 0.25) is 10.0 Å². The maximum Gasteiger partial charge on any atom is 0.417 e. The van der Waals surface area contributed by atoms with Crippen molar-refractivity contribution in [3.63, 3.8) is 0 Å². The number of ketones is 1. The van der Waals surface area contributed by atoms with Gasteiger partial charge in [0, 0.05) is 11.5 Å². The number of alkyl halides is 3. The average Bonchev–Trinajstić information content (AvgIpc) is 2.47. The summed E-state index contributed by atoms with van der Waals surface area (Å²) in [6.45, 7) is 2.78. The molecule has 0 radical (unpaired) electrons. The molecule has 142 valence electrons. The lowest BCUT2D eigenvalue weighted by atomic mass is 9.94. The van der Waals surface area contributed by atoms with Crippen LogP contribution in [-0.2, 0) is 16.2 Å². The molecule has 26 heavy (non-hydrogen) atoms. The third-order valence-electron chi connectivity index (χ3n) is 3.39. The third-order valence-corrected chi connectivity index (χ3v) is 3.90. The summed E-state index contributed by atoms with van der Waals surface area (Å²) in [4.78, 5) is 40.0. The van der Waals surface area contributed by atoms with E-state index in [-0.39, 0.29) is 4.68 Å². The first-order valence-corrected chi connectivity index (χ1v) is 9.04. The fourth-order valence-electron chi connectivity index (χ4n) is 2.26. The van der Waals surface area contributed by atoms with Crippen LogP contribution in [0.5, 0.6) is 0 Å². The molecule has 0 unspecified atom stereocenters. The first-order chi connectivity index (χ1) is 11.7. The minimum absolute atomic E-state index is 0.106. The standard InChI is InChI=1S/C14H14F3N3O5S/c1-6(2)11(21)7-4-8-10(5-9(7)14(15,16)17)18-13(23)20(12(8)22)19-26(3,24)25/h4-6,19H,1-3H3,(H,18,23). The lowest BCUT2D eigenvalue weighted by molar-refractivity contribution is -0.137. The smallest absolute Gasteiger partial charge is 0.305 e. The zero-order valence-electron chi connectivity index (χ0n) is 13.8. The molecule has 0 aliphatic carbocycles. The minimum atomic E-state index is -4.90. The van der Waals surface area contributed by atoms with Crippen LogP contribution in [0.4, 0.5) is 13.2 Å². The average molecular weight is 393 g/mol. The van der Waals surface area contributed by atoms with Gasteiger partial charge in [-0.05, 0) is 12.1 Å². The molecule has 0 saturated carbocycles. The molecule has 0 aliphatic heterocycles. The molecule has 2 N–H and O–H groups in total. The van der Waals surface area contributed by atoms with E-state index in [1.807, 2.05) is 4.98 Å². The van der Waals surface area contributed by atoms with Gasteiger partial charge in [-0.1, -0.05) is 13.8 Å². The van der Waals surface area contributed by atoms with Crippen LogP contribution in [0.15, 0.2) is 21.7 Å². The number of carbonyl (C=O) groups excluding carboxylic acids is 1. The Morgan fingerprint density at radius 3 is 2.27 bits per heavy atom. The second-order valence-corrected chi connectivity index (χ2v) is 7.62. The maximum absolute atomic E-state index is 13.3. The SMILES string of the molecule is CC(C)C(=O)c1cc2c(=O)n(NS(C)(=O)=O)c(=O)[nH]c2cc1C(F)(F)F. The number of nitrogens with zero attached hydrogens (tertiary/aromatic N) is 1. The zero-order chi connectivity index (χ0) is 20.0. The summed E-state index contributed by atoms with van der Waals surface area (Å²) >= 11 is 0. The predicted octanol–water partition coefficient (Wildman–Crippen LogP) is 1.05. The lowest BCUT2D eigenvalue weighted by Crippen LogP contribution is -2.43. The van der Waals surface area contributed by atoms with Gasteiger partial charge in [0.05, 0.1) is 22.7 Å². The molecule has 0 bridgehead atoms. The topological polar surface area (TPSA) is 118 Å². The number of Topliss-reactive ketones (excluding diaryl/α,β-unsaturated/α-hetero) is 1. The van der Waals surface area contributed by atoms with Crippen LogP contribution in [0.3, 0.4) is 0 Å². The van der Waals surface area contributed by atoms with Gasteiger partial charge in [-0.15, -0.1) is 0 Å². The van der Waals surface area contributed by atoms with Crippen LogP contribution in [0.2, 0.25) is 0 Å². The van der Waals surface area contributed by atoms with Crippen LogP contribution in [0.25, 0.3) is 10.9 Å². The molecule has 1 aromatic carbocycles. The number of sulfonamides is 1. The summed E-state index contributed by atoms with van der Waals surface area (Å²) < 4.78 is 62.5. The Bertz CT molecular complexity index is 1110. The molecule has 0 fully saturated rings. The number of halogens is 3. The molecule has 1 aromatic heterocycles. The van der Waals surface area contributed by atoms with Crippen LogP contribution in [0, 0.1) is 5.92 Å².